The summed E-state index contributed by atoms with van der Waals surface area (Å²) in [5.41, 5.74) is 14.8. The molecule has 24 heavy (non-hydrogen) atoms. The van der Waals surface area contributed by atoms with Gasteiger partial charge in [-0.3, -0.25) is 0 Å². The van der Waals surface area contributed by atoms with Crippen LogP contribution in [0.3, 0.4) is 0 Å². The molecule has 0 atom stereocenters. The molecule has 0 bridgehead atoms. The molecule has 0 radical (unpaired) electrons. The predicted octanol–water partition coefficient (Wildman–Crippen LogP) is 4.81. The monoisotopic (exact) mass is 339 g/mol. The van der Waals surface area contributed by atoms with Crippen LogP contribution in [0.15, 0.2) is 40.5 Å². The summed E-state index contributed by atoms with van der Waals surface area (Å²) in [6.45, 7) is 10.7. The molecule has 0 amide bonds. The number of thioether (sulfide) groups is 1. The number of rotatable bonds is 4. The second-order valence-electron chi connectivity index (χ2n) is 6.00. The molecule has 0 saturated carbocycles. The number of nitrogens with zero attached hydrogens (tertiary/aromatic N) is 2. The summed E-state index contributed by atoms with van der Waals surface area (Å²) in [6, 6.07) is 10.2. The molecule has 4 heteroatoms. The molecule has 0 aromatic heterocycles. The molecule has 0 saturated heterocycles. The van der Waals surface area contributed by atoms with E-state index in [2.05, 4.69) is 57.0 Å². The largest absolute Gasteiger partial charge is 0.377 e. The summed E-state index contributed by atoms with van der Waals surface area (Å²) >= 11 is 1.50. The molecule has 2 rings (SSSR count). The fourth-order valence-electron chi connectivity index (χ4n) is 2.63. The Morgan fingerprint density at radius 3 is 2.04 bits per heavy atom. The summed E-state index contributed by atoms with van der Waals surface area (Å²) in [4.78, 5) is 0. The van der Waals surface area contributed by atoms with Gasteiger partial charge in [0.25, 0.3) is 0 Å². The average Bonchev–Trinajstić information content (AvgIpc) is 2.60. The van der Waals surface area contributed by atoms with Crippen molar-refractivity contribution in [1.82, 2.24) is 0 Å². The molecular weight excluding hydrogens is 314 g/mol. The summed E-state index contributed by atoms with van der Waals surface area (Å²) in [5, 5.41) is 8.81. The second kappa shape index (κ2) is 8.15. The Hall–Kier alpha value is -2.07. The van der Waals surface area contributed by atoms with Gasteiger partial charge >= 0.3 is 0 Å². The van der Waals surface area contributed by atoms with Gasteiger partial charge in [0.15, 0.2) is 5.17 Å². The highest BCUT2D eigenvalue weighted by Crippen LogP contribution is 2.24. The van der Waals surface area contributed by atoms with Crippen LogP contribution in [0.4, 0.5) is 0 Å². The average molecular weight is 340 g/mol. The van der Waals surface area contributed by atoms with Crippen LogP contribution >= 0.6 is 11.8 Å². The lowest BCUT2D eigenvalue weighted by Gasteiger charge is -2.15. The van der Waals surface area contributed by atoms with Crippen molar-refractivity contribution in [3.05, 3.63) is 69.3 Å². The van der Waals surface area contributed by atoms with Gasteiger partial charge in [0.1, 0.15) is 0 Å². The third-order valence-corrected chi connectivity index (χ3v) is 5.49. The fraction of sp³-hybridized carbons (Fsp3) is 0.300. The molecule has 0 heterocycles. The topological polar surface area (TPSA) is 50.7 Å². The lowest BCUT2D eigenvalue weighted by molar-refractivity contribution is 1.16. The zero-order valence-electron chi connectivity index (χ0n) is 15.1. The van der Waals surface area contributed by atoms with Crippen LogP contribution in [0.5, 0.6) is 0 Å². The smallest absolute Gasteiger partial charge is 0.180 e. The Balaban J connectivity index is 2.11. The Morgan fingerprint density at radius 2 is 1.46 bits per heavy atom. The minimum absolute atomic E-state index is 0.478. The highest BCUT2D eigenvalue weighted by molar-refractivity contribution is 8.13. The fourth-order valence-corrected chi connectivity index (χ4v) is 3.24. The van der Waals surface area contributed by atoms with E-state index in [9.17, 15) is 0 Å². The van der Waals surface area contributed by atoms with Crippen LogP contribution in [0.25, 0.3) is 0 Å². The van der Waals surface area contributed by atoms with Gasteiger partial charge in [0, 0.05) is 11.3 Å². The Morgan fingerprint density at radius 1 is 0.917 bits per heavy atom. The first-order valence-electron chi connectivity index (χ1n) is 8.02. The normalized spacial score (nSPS) is 12.1. The second-order valence-corrected chi connectivity index (χ2v) is 6.99. The zero-order chi connectivity index (χ0) is 17.7. The van der Waals surface area contributed by atoms with E-state index in [-0.39, 0.29) is 0 Å². The first kappa shape index (κ1) is 18.3. The zero-order valence-corrected chi connectivity index (χ0v) is 15.9. The number of hydrogen-bond donors (Lipinski definition) is 1. The van der Waals surface area contributed by atoms with Crippen LogP contribution in [0.1, 0.15) is 38.9 Å². The van der Waals surface area contributed by atoms with Crippen molar-refractivity contribution in [2.24, 2.45) is 15.9 Å². The van der Waals surface area contributed by atoms with E-state index in [0.29, 0.717) is 5.17 Å². The molecule has 0 aliphatic carbocycles. The third-order valence-electron chi connectivity index (χ3n) is 4.63. The van der Waals surface area contributed by atoms with Crippen LogP contribution in [0.2, 0.25) is 0 Å². The van der Waals surface area contributed by atoms with Crippen molar-refractivity contribution < 1.29 is 0 Å². The van der Waals surface area contributed by atoms with E-state index in [1.54, 1.807) is 0 Å². The lowest BCUT2D eigenvalue weighted by Crippen LogP contribution is -2.06. The molecule has 0 aliphatic heterocycles. The van der Waals surface area contributed by atoms with Gasteiger partial charge in [0.2, 0.25) is 0 Å². The van der Waals surface area contributed by atoms with Crippen LogP contribution in [-0.2, 0) is 5.75 Å². The highest BCUT2D eigenvalue weighted by Gasteiger charge is 2.10. The SMILES string of the molecule is Cc1c(C)c(C)c(C=NN=C(N)SCc2ccccc2)c(C)c1C. The lowest BCUT2D eigenvalue weighted by atomic mass is 9.90. The number of benzene rings is 2. The summed E-state index contributed by atoms with van der Waals surface area (Å²) in [7, 11) is 0. The van der Waals surface area contributed by atoms with Crippen molar-refractivity contribution >= 4 is 23.1 Å². The number of hydrogen-bond acceptors (Lipinski definition) is 3. The van der Waals surface area contributed by atoms with E-state index in [1.165, 1.54) is 45.1 Å². The van der Waals surface area contributed by atoms with Crippen molar-refractivity contribution in [3.8, 4) is 0 Å². The van der Waals surface area contributed by atoms with Crippen molar-refractivity contribution in [2.45, 2.75) is 40.4 Å². The van der Waals surface area contributed by atoms with Crippen molar-refractivity contribution in [2.75, 3.05) is 0 Å². The molecular formula is C20H25N3S. The van der Waals surface area contributed by atoms with Crippen molar-refractivity contribution in [3.63, 3.8) is 0 Å². The Kier molecular flexibility index (Phi) is 6.21. The molecule has 0 fully saturated rings. The third kappa shape index (κ3) is 4.26. The number of amidine groups is 1. The summed E-state index contributed by atoms with van der Waals surface area (Å²) < 4.78 is 0. The molecule has 126 valence electrons. The van der Waals surface area contributed by atoms with Crippen molar-refractivity contribution in [1.29, 1.82) is 0 Å². The standard InChI is InChI=1S/C20H25N3S/c1-13-14(2)16(4)19(17(5)15(13)3)11-22-23-20(21)24-12-18-9-7-6-8-10-18/h6-11H,12H2,1-5H3,(H2,21,23). The van der Waals surface area contributed by atoms with Gasteiger partial charge < -0.3 is 5.73 Å². The van der Waals surface area contributed by atoms with E-state index >= 15 is 0 Å². The van der Waals surface area contributed by atoms with Gasteiger partial charge in [-0.1, -0.05) is 42.1 Å². The van der Waals surface area contributed by atoms with Crippen LogP contribution in [0, 0.1) is 34.6 Å². The molecule has 2 N–H and O–H groups in total. The van der Waals surface area contributed by atoms with E-state index in [4.69, 9.17) is 5.73 Å². The van der Waals surface area contributed by atoms with Gasteiger partial charge in [0.05, 0.1) is 6.21 Å². The predicted molar refractivity (Wildman–Crippen MR) is 107 cm³/mol. The Labute approximate surface area is 149 Å². The minimum atomic E-state index is 0.478. The maximum Gasteiger partial charge on any atom is 0.180 e. The maximum absolute atomic E-state index is 5.94. The maximum atomic E-state index is 5.94. The molecule has 0 unspecified atom stereocenters. The van der Waals surface area contributed by atoms with Gasteiger partial charge in [-0.05, 0) is 68.0 Å². The number of nitrogens with two attached hydrogens (primary N) is 1. The molecule has 0 aliphatic rings. The molecule has 0 spiro atoms. The highest BCUT2D eigenvalue weighted by atomic mass is 32.2. The van der Waals surface area contributed by atoms with Crippen LogP contribution in [-0.4, -0.2) is 11.4 Å². The first-order chi connectivity index (χ1) is 11.4. The molecule has 2 aromatic carbocycles. The summed E-state index contributed by atoms with van der Waals surface area (Å²) in [6.07, 6.45) is 1.82. The molecule has 3 nitrogen and oxygen atoms in total. The van der Waals surface area contributed by atoms with E-state index < -0.39 is 0 Å². The Bertz CT molecular complexity index is 748. The summed E-state index contributed by atoms with van der Waals surface area (Å²) in [5.74, 6) is 0.798. The molecule has 2 aromatic rings. The van der Waals surface area contributed by atoms with Gasteiger partial charge in [-0.2, -0.15) is 5.10 Å². The minimum Gasteiger partial charge on any atom is -0.377 e. The van der Waals surface area contributed by atoms with Crippen LogP contribution < -0.4 is 5.73 Å². The first-order valence-corrected chi connectivity index (χ1v) is 9.00. The van der Waals surface area contributed by atoms with Gasteiger partial charge in [-0.25, -0.2) is 0 Å². The van der Waals surface area contributed by atoms with E-state index in [0.717, 1.165) is 11.3 Å². The van der Waals surface area contributed by atoms with E-state index in [1.807, 2.05) is 24.4 Å². The van der Waals surface area contributed by atoms with Gasteiger partial charge in [-0.15, -0.1) is 5.10 Å². The quantitative estimate of drug-likeness (QED) is 0.494.